The predicted molar refractivity (Wildman–Crippen MR) is 100 cm³/mol. The van der Waals surface area contributed by atoms with Crippen molar-refractivity contribution in [3.05, 3.63) is 22.6 Å². The van der Waals surface area contributed by atoms with E-state index in [1.54, 1.807) is 0 Å². The lowest BCUT2D eigenvalue weighted by molar-refractivity contribution is -0.136. The van der Waals surface area contributed by atoms with Crippen LogP contribution in [0.5, 0.6) is 0 Å². The molecular weight excluding hydrogens is 330 g/mol. The summed E-state index contributed by atoms with van der Waals surface area (Å²) in [6, 6.07) is 0. The maximum absolute atomic E-state index is 10.4. The van der Waals surface area contributed by atoms with Crippen LogP contribution in [0.25, 0.3) is 10.4 Å². The fourth-order valence-corrected chi connectivity index (χ4v) is 6.61. The first-order valence-electron chi connectivity index (χ1n) is 9.94. The zero-order chi connectivity index (χ0) is 19.1. The van der Waals surface area contributed by atoms with Crippen molar-refractivity contribution in [1.82, 2.24) is 0 Å². The van der Waals surface area contributed by atoms with Gasteiger partial charge < -0.3 is 15.3 Å². The van der Waals surface area contributed by atoms with E-state index in [0.717, 1.165) is 25.7 Å². The minimum atomic E-state index is -0.768. The third-order valence-corrected chi connectivity index (χ3v) is 8.37. The van der Waals surface area contributed by atoms with Crippen molar-refractivity contribution in [2.24, 2.45) is 39.6 Å². The van der Waals surface area contributed by atoms with Gasteiger partial charge in [0, 0.05) is 18.1 Å². The monoisotopic (exact) mass is 363 g/mol. The number of aliphatic hydroxyl groups is 3. The normalized spacial score (nSPS) is 48.7. The Bertz CT molecular complexity index is 605. The van der Waals surface area contributed by atoms with Gasteiger partial charge in [0.1, 0.15) is 0 Å². The van der Waals surface area contributed by atoms with Crippen molar-refractivity contribution in [3.63, 3.8) is 0 Å². The Morgan fingerprint density at radius 3 is 2.62 bits per heavy atom. The van der Waals surface area contributed by atoms with E-state index in [1.165, 1.54) is 5.57 Å². The molecule has 0 spiro atoms. The van der Waals surface area contributed by atoms with Crippen LogP contribution in [-0.4, -0.2) is 40.7 Å². The van der Waals surface area contributed by atoms with Crippen molar-refractivity contribution >= 4 is 0 Å². The fourth-order valence-electron chi connectivity index (χ4n) is 6.61. The highest BCUT2D eigenvalue weighted by Crippen LogP contribution is 2.63. The average Bonchev–Trinajstić information content (AvgIpc) is 2.91. The van der Waals surface area contributed by atoms with Crippen molar-refractivity contribution in [2.75, 3.05) is 13.2 Å². The van der Waals surface area contributed by atoms with Crippen LogP contribution in [0, 0.1) is 34.5 Å². The van der Waals surface area contributed by atoms with Gasteiger partial charge in [0.25, 0.3) is 0 Å². The molecule has 0 aromatic heterocycles. The smallest absolute Gasteiger partial charge is 0.0804 e. The van der Waals surface area contributed by atoms with Gasteiger partial charge >= 0.3 is 0 Å². The van der Waals surface area contributed by atoms with Crippen LogP contribution in [0.15, 0.2) is 17.3 Å². The van der Waals surface area contributed by atoms with Gasteiger partial charge in [-0.15, -0.1) is 0 Å². The number of nitrogens with zero attached hydrogens (tertiary/aromatic N) is 3. The van der Waals surface area contributed by atoms with Crippen molar-refractivity contribution in [2.45, 2.75) is 64.6 Å². The molecule has 0 bridgehead atoms. The second-order valence-electron chi connectivity index (χ2n) is 9.35. The van der Waals surface area contributed by atoms with Crippen LogP contribution >= 0.6 is 0 Å². The second kappa shape index (κ2) is 7.16. The van der Waals surface area contributed by atoms with E-state index in [1.807, 2.05) is 0 Å². The van der Waals surface area contributed by atoms with Crippen LogP contribution in [0.4, 0.5) is 0 Å². The van der Waals surface area contributed by atoms with Gasteiger partial charge in [-0.25, -0.2) is 0 Å². The zero-order valence-corrected chi connectivity index (χ0v) is 16.0. The van der Waals surface area contributed by atoms with E-state index in [2.05, 4.69) is 30.5 Å². The SMILES string of the molecule is C=C1CCC2[C@H](CN=[N+]=[N-])C([C@@]3(C)C[C@@H](O)[C@@H](O)C[C@@H]3CO)CC[C@]12C. The maximum atomic E-state index is 10.4. The van der Waals surface area contributed by atoms with E-state index >= 15 is 0 Å². The topological polar surface area (TPSA) is 109 Å². The van der Waals surface area contributed by atoms with E-state index < -0.39 is 12.2 Å². The zero-order valence-electron chi connectivity index (χ0n) is 16.0. The van der Waals surface area contributed by atoms with Crippen molar-refractivity contribution < 1.29 is 15.3 Å². The molecule has 3 saturated carbocycles. The Kier molecular flexibility index (Phi) is 5.42. The number of hydrogen-bond acceptors (Lipinski definition) is 4. The maximum Gasteiger partial charge on any atom is 0.0804 e. The Balaban J connectivity index is 1.96. The van der Waals surface area contributed by atoms with Crippen molar-refractivity contribution in [3.8, 4) is 0 Å². The average molecular weight is 364 g/mol. The van der Waals surface area contributed by atoms with Gasteiger partial charge in [-0.3, -0.25) is 0 Å². The summed E-state index contributed by atoms with van der Waals surface area (Å²) in [6.45, 7) is 9.25. The molecule has 6 heteroatoms. The highest BCUT2D eigenvalue weighted by Gasteiger charge is 2.57. The summed E-state index contributed by atoms with van der Waals surface area (Å²) < 4.78 is 0. The van der Waals surface area contributed by atoms with Gasteiger partial charge in [-0.05, 0) is 78.6 Å². The van der Waals surface area contributed by atoms with Crippen LogP contribution in [0.1, 0.15) is 52.4 Å². The highest BCUT2D eigenvalue weighted by molar-refractivity contribution is 5.21. The first kappa shape index (κ1) is 19.7. The summed E-state index contributed by atoms with van der Waals surface area (Å²) >= 11 is 0. The molecule has 0 aromatic rings. The largest absolute Gasteiger partial charge is 0.396 e. The van der Waals surface area contributed by atoms with Gasteiger partial charge in [-0.1, -0.05) is 31.1 Å². The highest BCUT2D eigenvalue weighted by atomic mass is 16.3. The third-order valence-electron chi connectivity index (χ3n) is 8.37. The minimum Gasteiger partial charge on any atom is -0.396 e. The fraction of sp³-hybridized carbons (Fsp3) is 0.900. The Morgan fingerprint density at radius 1 is 1.23 bits per heavy atom. The number of aliphatic hydroxyl groups excluding tert-OH is 3. The standard InChI is InChI=1S/C20H33N3O3/c1-12-4-5-15-14(10-22-23-21)16(6-7-19(12,15)2)20(3)9-18(26)17(25)8-13(20)11-24/h13-18,24-26H,1,4-11H2,2-3H3/t13-,14+,15?,16?,17+,18-,19-,20+/m1/s1. The van der Waals surface area contributed by atoms with Crippen LogP contribution in [-0.2, 0) is 0 Å². The summed E-state index contributed by atoms with van der Waals surface area (Å²) in [6.07, 6.45) is 3.53. The Hall–Kier alpha value is -1.07. The van der Waals surface area contributed by atoms with Crippen LogP contribution in [0.2, 0.25) is 0 Å². The predicted octanol–water partition coefficient (Wildman–Crippen LogP) is 3.43. The molecule has 6 nitrogen and oxygen atoms in total. The summed E-state index contributed by atoms with van der Waals surface area (Å²) in [4.78, 5) is 3.02. The summed E-state index contributed by atoms with van der Waals surface area (Å²) in [5.74, 6) is 0.870. The van der Waals surface area contributed by atoms with Gasteiger partial charge in [0.05, 0.1) is 12.2 Å². The molecule has 8 atom stereocenters. The molecule has 146 valence electrons. The summed E-state index contributed by atoms with van der Waals surface area (Å²) in [5, 5.41) is 34.4. The third kappa shape index (κ3) is 2.97. The Labute approximate surface area is 155 Å². The van der Waals surface area contributed by atoms with E-state index in [9.17, 15) is 15.3 Å². The molecule has 3 N–H and O–H groups in total. The molecule has 26 heavy (non-hydrogen) atoms. The van der Waals surface area contributed by atoms with E-state index in [-0.39, 0.29) is 35.2 Å². The number of hydrogen-bond donors (Lipinski definition) is 3. The van der Waals surface area contributed by atoms with E-state index in [4.69, 9.17) is 5.53 Å². The van der Waals surface area contributed by atoms with Crippen molar-refractivity contribution in [1.29, 1.82) is 0 Å². The minimum absolute atomic E-state index is 0.0136. The quantitative estimate of drug-likeness (QED) is 0.308. The molecule has 3 aliphatic carbocycles. The number of azide groups is 1. The molecule has 0 radical (unpaired) electrons. The molecule has 0 aromatic carbocycles. The molecule has 2 unspecified atom stereocenters. The Morgan fingerprint density at radius 2 is 1.96 bits per heavy atom. The van der Waals surface area contributed by atoms with Crippen LogP contribution < -0.4 is 0 Å². The molecule has 0 heterocycles. The number of allylic oxidation sites excluding steroid dienone is 1. The lowest BCUT2D eigenvalue weighted by Gasteiger charge is -2.57. The van der Waals surface area contributed by atoms with Gasteiger partial charge in [0.2, 0.25) is 0 Å². The lowest BCUT2D eigenvalue weighted by atomic mass is 9.49. The molecule has 0 aliphatic heterocycles. The molecular formula is C20H33N3O3. The van der Waals surface area contributed by atoms with E-state index in [0.29, 0.717) is 25.3 Å². The first-order chi connectivity index (χ1) is 12.3. The van der Waals surface area contributed by atoms with Gasteiger partial charge in [0.15, 0.2) is 0 Å². The number of fused-ring (bicyclic) bond motifs is 1. The number of rotatable bonds is 4. The second-order valence-corrected chi connectivity index (χ2v) is 9.35. The van der Waals surface area contributed by atoms with Gasteiger partial charge in [-0.2, -0.15) is 0 Å². The molecule has 0 amide bonds. The molecule has 0 saturated heterocycles. The summed E-state index contributed by atoms with van der Waals surface area (Å²) in [7, 11) is 0. The van der Waals surface area contributed by atoms with Crippen LogP contribution in [0.3, 0.4) is 0 Å². The molecule has 3 aliphatic rings. The first-order valence-corrected chi connectivity index (χ1v) is 9.94. The summed E-state index contributed by atoms with van der Waals surface area (Å²) in [5.41, 5.74) is 10.1. The molecule has 3 rings (SSSR count). The molecule has 3 fully saturated rings. The lowest BCUT2D eigenvalue weighted by Crippen LogP contribution is -2.55.